The van der Waals surface area contributed by atoms with Gasteiger partial charge in [0.2, 0.25) is 11.9 Å². The number of aryl methyl sites for hydroxylation is 2. The van der Waals surface area contributed by atoms with Crippen molar-refractivity contribution >= 4 is 33.9 Å². The number of hydrogen-bond acceptors (Lipinski definition) is 8. The number of aromatic nitrogens is 6. The van der Waals surface area contributed by atoms with E-state index in [1.165, 1.54) is 0 Å². The van der Waals surface area contributed by atoms with E-state index in [0.29, 0.717) is 31.6 Å². The van der Waals surface area contributed by atoms with Crippen molar-refractivity contribution in [3.05, 3.63) is 35.9 Å². The molecule has 0 spiro atoms. The maximum absolute atomic E-state index is 12.5. The van der Waals surface area contributed by atoms with Crippen molar-refractivity contribution in [3.63, 3.8) is 0 Å². The van der Waals surface area contributed by atoms with E-state index in [2.05, 4.69) is 14.4 Å². The number of carbonyl (C=O) groups is 1. The molecule has 11 nitrogen and oxygen atoms in total. The molecule has 7 rings (SSSR count). The monoisotopic (exact) mass is 501 g/mol. The minimum Gasteiger partial charge on any atom is -0.378 e. The summed E-state index contributed by atoms with van der Waals surface area (Å²) >= 11 is 0. The van der Waals surface area contributed by atoms with E-state index in [1.54, 1.807) is 0 Å². The van der Waals surface area contributed by atoms with Crippen LogP contribution in [0.4, 0.5) is 5.82 Å². The molecule has 37 heavy (non-hydrogen) atoms. The first-order chi connectivity index (χ1) is 18.1. The lowest BCUT2D eigenvalue weighted by Gasteiger charge is -2.42. The first kappa shape index (κ1) is 22.6. The van der Waals surface area contributed by atoms with E-state index < -0.39 is 0 Å². The molecule has 1 aromatic carbocycles. The number of benzene rings is 1. The number of hydrogen-bond donors (Lipinski definition) is 0. The molecule has 11 heteroatoms. The summed E-state index contributed by atoms with van der Waals surface area (Å²) in [4.78, 5) is 38.9. The minimum atomic E-state index is 0.114. The van der Waals surface area contributed by atoms with Gasteiger partial charge in [-0.3, -0.25) is 14.3 Å². The standard InChI is InChI=1S/C26H31N9O2/c1-17-27-19-6-3-4-7-20(19)35(17)26-29-23-22(24(30-26)33-10-12-37-13-11-33)28-21(31(23)2)16-32-14-18(15-32)25(36)34-8-5-9-34/h3-4,6-7,18H,5,8-16H2,1-2H3. The van der Waals surface area contributed by atoms with Crippen LogP contribution < -0.4 is 4.90 Å². The van der Waals surface area contributed by atoms with Crippen molar-refractivity contribution in [1.29, 1.82) is 0 Å². The van der Waals surface area contributed by atoms with Crippen LogP contribution in [0.25, 0.3) is 28.1 Å². The third-order valence-electron chi connectivity index (χ3n) is 7.86. The fourth-order valence-electron chi connectivity index (χ4n) is 5.57. The Morgan fingerprint density at radius 3 is 2.57 bits per heavy atom. The molecule has 3 aliphatic heterocycles. The van der Waals surface area contributed by atoms with E-state index in [9.17, 15) is 4.79 Å². The number of fused-ring (bicyclic) bond motifs is 2. The van der Waals surface area contributed by atoms with E-state index in [-0.39, 0.29) is 5.92 Å². The second kappa shape index (κ2) is 8.77. The largest absolute Gasteiger partial charge is 0.378 e. The second-order valence-corrected chi connectivity index (χ2v) is 10.3. The summed E-state index contributed by atoms with van der Waals surface area (Å²) in [5.41, 5.74) is 3.50. The van der Waals surface area contributed by atoms with Gasteiger partial charge in [0.1, 0.15) is 11.6 Å². The van der Waals surface area contributed by atoms with Gasteiger partial charge in [0.05, 0.1) is 36.7 Å². The van der Waals surface area contributed by atoms with Crippen molar-refractivity contribution in [1.82, 2.24) is 38.9 Å². The molecule has 4 aromatic rings. The van der Waals surface area contributed by atoms with E-state index in [0.717, 1.165) is 85.4 Å². The van der Waals surface area contributed by atoms with Crippen LogP contribution in [-0.4, -0.2) is 97.3 Å². The number of rotatable bonds is 5. The predicted molar refractivity (Wildman–Crippen MR) is 139 cm³/mol. The second-order valence-electron chi connectivity index (χ2n) is 10.3. The Hall–Kier alpha value is -3.57. The topological polar surface area (TPSA) is 97.4 Å². The third-order valence-corrected chi connectivity index (χ3v) is 7.86. The van der Waals surface area contributed by atoms with E-state index in [1.807, 2.05) is 47.7 Å². The van der Waals surface area contributed by atoms with Crippen LogP contribution in [0.15, 0.2) is 24.3 Å². The normalized spacial score (nSPS) is 19.0. The summed E-state index contributed by atoms with van der Waals surface area (Å²) in [6.07, 6.45) is 1.13. The van der Waals surface area contributed by atoms with Crippen LogP contribution >= 0.6 is 0 Å². The van der Waals surface area contributed by atoms with Crippen molar-refractivity contribution in [2.75, 3.05) is 57.4 Å². The molecule has 0 N–H and O–H groups in total. The summed E-state index contributed by atoms with van der Waals surface area (Å²) in [6, 6.07) is 8.06. The number of morpholine rings is 1. The van der Waals surface area contributed by atoms with Crippen molar-refractivity contribution in [2.24, 2.45) is 13.0 Å². The van der Waals surface area contributed by atoms with Crippen molar-refractivity contribution in [2.45, 2.75) is 19.9 Å². The van der Waals surface area contributed by atoms with Crippen LogP contribution in [0, 0.1) is 12.8 Å². The fourth-order valence-corrected chi connectivity index (χ4v) is 5.57. The number of anilines is 1. The van der Waals surface area contributed by atoms with Gasteiger partial charge in [-0.05, 0) is 25.5 Å². The lowest BCUT2D eigenvalue weighted by atomic mass is 9.97. The van der Waals surface area contributed by atoms with Gasteiger partial charge in [-0.1, -0.05) is 12.1 Å². The lowest BCUT2D eigenvalue weighted by molar-refractivity contribution is -0.145. The fraction of sp³-hybridized carbons (Fsp3) is 0.500. The first-order valence-corrected chi connectivity index (χ1v) is 13.1. The molecule has 3 fully saturated rings. The average Bonchev–Trinajstić information content (AvgIpc) is 3.35. The van der Waals surface area contributed by atoms with Gasteiger partial charge >= 0.3 is 0 Å². The zero-order valence-electron chi connectivity index (χ0n) is 21.3. The molecule has 192 valence electrons. The Kier molecular flexibility index (Phi) is 5.36. The Labute approximate surface area is 214 Å². The molecule has 0 aliphatic carbocycles. The summed E-state index contributed by atoms with van der Waals surface area (Å²) in [7, 11) is 2.02. The molecule has 3 saturated heterocycles. The average molecular weight is 502 g/mol. The minimum absolute atomic E-state index is 0.114. The smallest absolute Gasteiger partial charge is 0.239 e. The van der Waals surface area contributed by atoms with E-state index in [4.69, 9.17) is 24.7 Å². The predicted octanol–water partition coefficient (Wildman–Crippen LogP) is 1.51. The number of ether oxygens (including phenoxy) is 1. The molecule has 3 aliphatic rings. The Morgan fingerprint density at radius 2 is 1.81 bits per heavy atom. The molecular weight excluding hydrogens is 470 g/mol. The van der Waals surface area contributed by atoms with Crippen LogP contribution in [0.2, 0.25) is 0 Å². The van der Waals surface area contributed by atoms with Gasteiger partial charge in [0.15, 0.2) is 17.0 Å². The molecule has 3 aromatic heterocycles. The number of para-hydroxylation sites is 2. The SMILES string of the molecule is Cc1nc2ccccc2n1-c1nc(N2CCOCC2)c2nc(CN3CC(C(=O)N4CCC4)C3)n(C)c2n1. The molecule has 0 atom stereocenters. The summed E-state index contributed by atoms with van der Waals surface area (Å²) in [5.74, 6) is 3.62. The van der Waals surface area contributed by atoms with Crippen molar-refractivity contribution in [3.8, 4) is 5.95 Å². The van der Waals surface area contributed by atoms with Gasteiger partial charge in [-0.2, -0.15) is 9.97 Å². The Balaban J connectivity index is 1.26. The molecule has 0 unspecified atom stereocenters. The number of nitrogens with zero attached hydrogens (tertiary/aromatic N) is 9. The molecular formula is C26H31N9O2. The number of likely N-dealkylation sites (tertiary alicyclic amines) is 2. The highest BCUT2D eigenvalue weighted by molar-refractivity contribution is 5.86. The summed E-state index contributed by atoms with van der Waals surface area (Å²) < 4.78 is 9.70. The summed E-state index contributed by atoms with van der Waals surface area (Å²) in [6.45, 7) is 8.90. The van der Waals surface area contributed by atoms with Crippen LogP contribution in [0.1, 0.15) is 18.1 Å². The van der Waals surface area contributed by atoms with Crippen LogP contribution in [0.5, 0.6) is 0 Å². The zero-order chi connectivity index (χ0) is 25.1. The van der Waals surface area contributed by atoms with Crippen molar-refractivity contribution < 1.29 is 9.53 Å². The quantitative estimate of drug-likeness (QED) is 0.406. The maximum atomic E-state index is 12.5. The van der Waals surface area contributed by atoms with Gasteiger partial charge in [-0.15, -0.1) is 0 Å². The number of carbonyl (C=O) groups excluding carboxylic acids is 1. The molecule has 6 heterocycles. The first-order valence-electron chi connectivity index (χ1n) is 13.1. The zero-order valence-corrected chi connectivity index (χ0v) is 21.3. The van der Waals surface area contributed by atoms with Crippen LogP contribution in [0.3, 0.4) is 0 Å². The van der Waals surface area contributed by atoms with Crippen LogP contribution in [-0.2, 0) is 23.1 Å². The molecule has 1 amide bonds. The Morgan fingerprint density at radius 1 is 1.03 bits per heavy atom. The van der Waals surface area contributed by atoms with Gasteiger partial charge in [-0.25, -0.2) is 9.97 Å². The molecule has 0 bridgehead atoms. The third kappa shape index (κ3) is 3.75. The highest BCUT2D eigenvalue weighted by Crippen LogP contribution is 2.29. The van der Waals surface area contributed by atoms with Gasteiger partial charge in [0, 0.05) is 46.3 Å². The maximum Gasteiger partial charge on any atom is 0.239 e. The highest BCUT2D eigenvalue weighted by Gasteiger charge is 2.37. The lowest BCUT2D eigenvalue weighted by Crippen LogP contribution is -2.56. The summed E-state index contributed by atoms with van der Waals surface area (Å²) in [5, 5.41) is 0. The van der Waals surface area contributed by atoms with E-state index >= 15 is 0 Å². The number of amides is 1. The molecule has 0 radical (unpaired) electrons. The number of imidazole rings is 2. The van der Waals surface area contributed by atoms with Gasteiger partial charge < -0.3 is 19.1 Å². The molecule has 0 saturated carbocycles. The highest BCUT2D eigenvalue weighted by atomic mass is 16.5. The van der Waals surface area contributed by atoms with Gasteiger partial charge in [0.25, 0.3) is 0 Å². The Bertz CT molecular complexity index is 1490.